The number of rotatable bonds is 9. The minimum Gasteiger partial charge on any atom is -0.495 e. The summed E-state index contributed by atoms with van der Waals surface area (Å²) in [5.74, 6) is 1.01. The van der Waals surface area contributed by atoms with Gasteiger partial charge in [0.1, 0.15) is 10.1 Å². The highest BCUT2D eigenvalue weighted by Gasteiger charge is 2.31. The van der Waals surface area contributed by atoms with Gasteiger partial charge in [0.05, 0.1) is 24.8 Å². The molecule has 0 atom stereocenters. The second-order valence-electron chi connectivity index (χ2n) is 6.78. The first kappa shape index (κ1) is 23.6. The van der Waals surface area contributed by atoms with Crippen LogP contribution in [0.2, 0.25) is 0 Å². The lowest BCUT2D eigenvalue weighted by Gasteiger charge is -2.13. The van der Waals surface area contributed by atoms with Gasteiger partial charge in [-0.3, -0.25) is 14.5 Å². The average Bonchev–Trinajstić information content (AvgIpc) is 3.06. The van der Waals surface area contributed by atoms with E-state index < -0.39 is 0 Å². The Kier molecular flexibility index (Phi) is 8.13. The maximum atomic E-state index is 12.5. The zero-order valence-electron chi connectivity index (χ0n) is 18.0. The van der Waals surface area contributed by atoms with Crippen LogP contribution >= 0.6 is 24.0 Å². The number of carbonyl (C=O) groups is 2. The lowest BCUT2D eigenvalue weighted by Crippen LogP contribution is -2.28. The van der Waals surface area contributed by atoms with Gasteiger partial charge in [0.2, 0.25) is 0 Å². The topological polar surface area (TPSA) is 77.1 Å². The van der Waals surface area contributed by atoms with Crippen LogP contribution in [0.15, 0.2) is 47.4 Å². The highest BCUT2D eigenvalue weighted by Crippen LogP contribution is 2.35. The van der Waals surface area contributed by atoms with Crippen LogP contribution in [0.5, 0.6) is 17.2 Å². The van der Waals surface area contributed by atoms with Crippen molar-refractivity contribution in [3.05, 3.63) is 52.9 Å². The number of para-hydroxylation sites is 2. The van der Waals surface area contributed by atoms with Gasteiger partial charge in [-0.05, 0) is 42.3 Å². The third-order valence-electron chi connectivity index (χ3n) is 4.55. The van der Waals surface area contributed by atoms with Gasteiger partial charge in [-0.25, -0.2) is 0 Å². The molecular formula is C23H24N2O5S2. The molecule has 0 aromatic heterocycles. The molecule has 1 aliphatic heterocycles. The third-order valence-corrected chi connectivity index (χ3v) is 5.92. The maximum Gasteiger partial charge on any atom is 0.266 e. The molecule has 9 heteroatoms. The highest BCUT2D eigenvalue weighted by molar-refractivity contribution is 8.26. The summed E-state index contributed by atoms with van der Waals surface area (Å²) in [7, 11) is 3.05. The molecule has 1 heterocycles. The molecule has 0 spiro atoms. The summed E-state index contributed by atoms with van der Waals surface area (Å²) in [5, 5.41) is 2.76. The van der Waals surface area contributed by atoms with E-state index in [1.165, 1.54) is 26.0 Å². The molecular weight excluding hydrogens is 448 g/mol. The lowest BCUT2D eigenvalue weighted by atomic mass is 10.2. The van der Waals surface area contributed by atoms with E-state index in [4.69, 9.17) is 26.4 Å². The summed E-state index contributed by atoms with van der Waals surface area (Å²) in [6, 6.07) is 12.4. The fraction of sp³-hybridized carbons (Fsp3) is 0.261. The van der Waals surface area contributed by atoms with E-state index in [1.807, 2.05) is 13.0 Å². The summed E-state index contributed by atoms with van der Waals surface area (Å²) in [4.78, 5) is 27.0. The van der Waals surface area contributed by atoms with Crippen molar-refractivity contribution in [1.82, 2.24) is 4.90 Å². The molecule has 0 aliphatic carbocycles. The largest absolute Gasteiger partial charge is 0.495 e. The van der Waals surface area contributed by atoms with E-state index in [-0.39, 0.29) is 18.4 Å². The van der Waals surface area contributed by atoms with Crippen molar-refractivity contribution in [3.8, 4) is 17.2 Å². The van der Waals surface area contributed by atoms with Crippen LogP contribution in [0.1, 0.15) is 18.9 Å². The number of anilines is 1. The SMILES string of the molecule is CCCN1C(=O)/C(=C\c2ccc(OCC(=O)Nc3ccccc3OC)c(OC)c2)SC1=S. The third kappa shape index (κ3) is 5.60. The highest BCUT2D eigenvalue weighted by atomic mass is 32.2. The molecule has 32 heavy (non-hydrogen) atoms. The Morgan fingerprint density at radius 1 is 1.12 bits per heavy atom. The standard InChI is InChI=1S/C23H24N2O5S2/c1-4-11-25-22(27)20(32-23(25)31)13-15-9-10-18(19(12-15)29-3)30-14-21(26)24-16-7-5-6-8-17(16)28-2/h5-10,12-13H,4,11,14H2,1-3H3,(H,24,26)/b20-13+. The number of hydrogen-bond donors (Lipinski definition) is 1. The van der Waals surface area contributed by atoms with Crippen LogP contribution in [-0.2, 0) is 9.59 Å². The molecule has 2 aromatic carbocycles. The number of methoxy groups -OCH3 is 2. The molecule has 0 unspecified atom stereocenters. The van der Waals surface area contributed by atoms with E-state index in [1.54, 1.807) is 47.4 Å². The predicted octanol–water partition coefficient (Wildman–Crippen LogP) is 4.33. The number of nitrogens with one attached hydrogen (secondary N) is 1. The van der Waals surface area contributed by atoms with Crippen LogP contribution < -0.4 is 19.5 Å². The fourth-order valence-corrected chi connectivity index (χ4v) is 4.35. The van der Waals surface area contributed by atoms with Gasteiger partial charge in [-0.15, -0.1) is 0 Å². The monoisotopic (exact) mass is 472 g/mol. The van der Waals surface area contributed by atoms with Gasteiger partial charge >= 0.3 is 0 Å². The first-order valence-corrected chi connectivity index (χ1v) is 11.2. The first-order valence-electron chi connectivity index (χ1n) is 9.96. The summed E-state index contributed by atoms with van der Waals surface area (Å²) in [5.41, 5.74) is 1.33. The average molecular weight is 473 g/mol. The molecule has 3 rings (SSSR count). The van der Waals surface area contributed by atoms with E-state index in [9.17, 15) is 9.59 Å². The van der Waals surface area contributed by atoms with Crippen LogP contribution in [0, 0.1) is 0 Å². The second kappa shape index (κ2) is 11.0. The van der Waals surface area contributed by atoms with Crippen LogP contribution in [0.25, 0.3) is 6.08 Å². The van der Waals surface area contributed by atoms with Crippen molar-refractivity contribution in [3.63, 3.8) is 0 Å². The fourth-order valence-electron chi connectivity index (χ4n) is 3.04. The minimum atomic E-state index is -0.333. The lowest BCUT2D eigenvalue weighted by molar-refractivity contribution is -0.122. The minimum absolute atomic E-state index is 0.0887. The van der Waals surface area contributed by atoms with E-state index in [2.05, 4.69) is 5.32 Å². The zero-order chi connectivity index (χ0) is 23.1. The van der Waals surface area contributed by atoms with Crippen molar-refractivity contribution in [2.45, 2.75) is 13.3 Å². The normalized spacial score (nSPS) is 14.6. The number of hydrogen-bond acceptors (Lipinski definition) is 7. The summed E-state index contributed by atoms with van der Waals surface area (Å²) < 4.78 is 16.9. The maximum absolute atomic E-state index is 12.5. The molecule has 1 saturated heterocycles. The summed E-state index contributed by atoms with van der Waals surface area (Å²) in [6.45, 7) is 2.40. The number of ether oxygens (including phenoxy) is 3. The molecule has 0 bridgehead atoms. The van der Waals surface area contributed by atoms with Gasteiger partial charge < -0.3 is 19.5 Å². The number of thiocarbonyl (C=S) groups is 1. The molecule has 0 radical (unpaired) electrons. The molecule has 2 aromatic rings. The Labute approximate surface area is 196 Å². The molecule has 168 valence electrons. The smallest absolute Gasteiger partial charge is 0.266 e. The Bertz CT molecular complexity index is 1050. The van der Waals surface area contributed by atoms with Gasteiger partial charge in [-0.1, -0.05) is 49.1 Å². The van der Waals surface area contributed by atoms with E-state index in [0.717, 1.165) is 12.0 Å². The summed E-state index contributed by atoms with van der Waals surface area (Å²) >= 11 is 6.59. The Morgan fingerprint density at radius 2 is 1.88 bits per heavy atom. The van der Waals surface area contributed by atoms with Crippen molar-refractivity contribution in [2.24, 2.45) is 0 Å². The Morgan fingerprint density at radius 3 is 2.59 bits per heavy atom. The molecule has 7 nitrogen and oxygen atoms in total. The van der Waals surface area contributed by atoms with Gasteiger partial charge in [0.25, 0.3) is 11.8 Å². The zero-order valence-corrected chi connectivity index (χ0v) is 19.7. The van der Waals surface area contributed by atoms with Crippen molar-refractivity contribution in [1.29, 1.82) is 0 Å². The van der Waals surface area contributed by atoms with E-state index in [0.29, 0.717) is 38.7 Å². The molecule has 1 N–H and O–H groups in total. The van der Waals surface area contributed by atoms with Crippen molar-refractivity contribution < 1.29 is 23.8 Å². The molecule has 1 aliphatic rings. The van der Waals surface area contributed by atoms with Crippen molar-refractivity contribution in [2.75, 3.05) is 32.7 Å². The number of nitrogens with zero attached hydrogens (tertiary/aromatic N) is 1. The summed E-state index contributed by atoms with van der Waals surface area (Å²) in [6.07, 6.45) is 2.61. The molecule has 1 fully saturated rings. The van der Waals surface area contributed by atoms with Crippen LogP contribution in [0.4, 0.5) is 5.69 Å². The molecule has 0 saturated carbocycles. The van der Waals surface area contributed by atoms with Crippen LogP contribution in [-0.4, -0.2) is 48.4 Å². The van der Waals surface area contributed by atoms with Crippen LogP contribution in [0.3, 0.4) is 0 Å². The number of benzene rings is 2. The van der Waals surface area contributed by atoms with Crippen molar-refractivity contribution >= 4 is 51.9 Å². The quantitative estimate of drug-likeness (QED) is 0.430. The second-order valence-corrected chi connectivity index (χ2v) is 8.46. The Balaban J connectivity index is 1.67. The van der Waals surface area contributed by atoms with E-state index >= 15 is 0 Å². The Hall–Kier alpha value is -3.04. The number of carbonyl (C=O) groups excluding carboxylic acids is 2. The number of thioether (sulfide) groups is 1. The first-order chi connectivity index (χ1) is 15.5. The number of amides is 2. The van der Waals surface area contributed by atoms with Gasteiger partial charge in [0.15, 0.2) is 18.1 Å². The molecule has 2 amide bonds. The predicted molar refractivity (Wildman–Crippen MR) is 130 cm³/mol. The van der Waals surface area contributed by atoms with Gasteiger partial charge in [-0.2, -0.15) is 0 Å². The van der Waals surface area contributed by atoms with Gasteiger partial charge in [0, 0.05) is 6.54 Å².